The van der Waals surface area contributed by atoms with Crippen LogP contribution >= 0.6 is 0 Å². The van der Waals surface area contributed by atoms with E-state index in [1.54, 1.807) is 0 Å². The van der Waals surface area contributed by atoms with Gasteiger partial charge in [0.05, 0.1) is 5.69 Å². The number of aliphatic imine (C=N–C) groups is 1. The minimum atomic E-state index is 0.979. The Bertz CT molecular complexity index is 1070. The van der Waals surface area contributed by atoms with Gasteiger partial charge in [-0.15, -0.1) is 0 Å². The Balaban J connectivity index is 2.07. The van der Waals surface area contributed by atoms with Crippen LogP contribution in [0.3, 0.4) is 0 Å². The molecule has 0 N–H and O–H groups in total. The first-order valence-corrected chi connectivity index (χ1v) is 11.3. The lowest BCUT2D eigenvalue weighted by Crippen LogP contribution is -2.48. The second-order valence-electron chi connectivity index (χ2n) is 9.58. The van der Waals surface area contributed by atoms with Crippen LogP contribution in [0.1, 0.15) is 61.2 Å². The summed E-state index contributed by atoms with van der Waals surface area (Å²) in [6.45, 7) is 22.5. The molecular weight excluding hydrogens is 365 g/mol. The minimum Gasteiger partial charge on any atom is -0.354 e. The second-order valence-corrected chi connectivity index (χ2v) is 9.58. The number of hydrogen-bond donors (Lipinski definition) is 0. The van der Waals surface area contributed by atoms with Crippen molar-refractivity contribution in [2.75, 3.05) is 26.2 Å². The standard InChI is InChI=1S/C26H36BN3/c1-14-16(3)20(7)24-22(18(14)5)13-23-19(6)15(2)17(4)21(8)25(23)28-26(24)29-9-11-30(27)12-10-29/h9-13,27H2,1-8H3. The van der Waals surface area contributed by atoms with E-state index in [1.165, 1.54) is 72.7 Å². The number of amidine groups is 1. The molecule has 0 radical (unpaired) electrons. The maximum absolute atomic E-state index is 5.49. The minimum absolute atomic E-state index is 0.979. The van der Waals surface area contributed by atoms with Crippen molar-refractivity contribution in [3.63, 3.8) is 0 Å². The molecule has 2 aromatic carbocycles. The number of nitrogens with zero attached hydrogens (tertiary/aromatic N) is 3. The lowest BCUT2D eigenvalue weighted by Gasteiger charge is -2.36. The Morgan fingerprint density at radius 1 is 0.600 bits per heavy atom. The molecule has 0 spiro atoms. The molecule has 1 saturated heterocycles. The summed E-state index contributed by atoms with van der Waals surface area (Å²) in [5.41, 5.74) is 16.8. The van der Waals surface area contributed by atoms with Gasteiger partial charge in [-0.2, -0.15) is 0 Å². The summed E-state index contributed by atoms with van der Waals surface area (Å²) in [6, 6.07) is 0. The van der Waals surface area contributed by atoms with Gasteiger partial charge in [0.2, 0.25) is 0 Å². The molecule has 2 heterocycles. The molecule has 0 aliphatic carbocycles. The molecule has 158 valence electrons. The third-order valence-corrected chi connectivity index (χ3v) is 8.20. The molecule has 0 aromatic heterocycles. The molecule has 4 heteroatoms. The zero-order chi connectivity index (χ0) is 21.9. The second kappa shape index (κ2) is 7.57. The molecule has 4 rings (SSSR count). The zero-order valence-corrected chi connectivity index (χ0v) is 20.4. The highest BCUT2D eigenvalue weighted by atomic mass is 15.3. The Kier molecular flexibility index (Phi) is 5.34. The fraction of sp³-hybridized carbons (Fsp3) is 0.500. The van der Waals surface area contributed by atoms with E-state index in [-0.39, 0.29) is 0 Å². The lowest BCUT2D eigenvalue weighted by atomic mass is 9.83. The van der Waals surface area contributed by atoms with Gasteiger partial charge in [0, 0.05) is 38.2 Å². The summed E-state index contributed by atoms with van der Waals surface area (Å²) in [4.78, 5) is 10.4. The van der Waals surface area contributed by atoms with Crippen LogP contribution < -0.4 is 0 Å². The zero-order valence-electron chi connectivity index (χ0n) is 20.4. The van der Waals surface area contributed by atoms with E-state index in [1.807, 2.05) is 0 Å². The maximum atomic E-state index is 5.49. The molecule has 2 aromatic rings. The van der Waals surface area contributed by atoms with Crippen LogP contribution in [0.2, 0.25) is 0 Å². The van der Waals surface area contributed by atoms with Gasteiger partial charge in [-0.1, -0.05) is 0 Å². The van der Waals surface area contributed by atoms with E-state index in [0.29, 0.717) is 0 Å². The lowest BCUT2D eigenvalue weighted by molar-refractivity contribution is 0.274. The van der Waals surface area contributed by atoms with Crippen LogP contribution in [-0.2, 0) is 6.42 Å². The monoisotopic (exact) mass is 401 g/mol. The fourth-order valence-electron chi connectivity index (χ4n) is 5.24. The molecule has 0 unspecified atom stereocenters. The van der Waals surface area contributed by atoms with E-state index < -0.39 is 0 Å². The van der Waals surface area contributed by atoms with E-state index in [2.05, 4.69) is 73.1 Å². The first kappa shape index (κ1) is 21.2. The van der Waals surface area contributed by atoms with Crippen LogP contribution in [0.25, 0.3) is 0 Å². The van der Waals surface area contributed by atoms with Gasteiger partial charge in [0.15, 0.2) is 7.98 Å². The molecular formula is C26H36BN3. The summed E-state index contributed by atoms with van der Waals surface area (Å²) in [5.74, 6) is 1.20. The molecule has 0 bridgehead atoms. The van der Waals surface area contributed by atoms with Crippen LogP contribution in [-0.4, -0.2) is 49.7 Å². The molecule has 3 nitrogen and oxygen atoms in total. The van der Waals surface area contributed by atoms with Crippen molar-refractivity contribution < 1.29 is 0 Å². The Labute approximate surface area is 183 Å². The van der Waals surface area contributed by atoms with Crippen molar-refractivity contribution in [1.82, 2.24) is 9.71 Å². The van der Waals surface area contributed by atoms with Gasteiger partial charge < -0.3 is 9.71 Å². The number of fused-ring (bicyclic) bond motifs is 2. The quantitative estimate of drug-likeness (QED) is 0.613. The van der Waals surface area contributed by atoms with Gasteiger partial charge in [0.1, 0.15) is 5.84 Å². The Morgan fingerprint density at radius 3 is 1.70 bits per heavy atom. The summed E-state index contributed by atoms with van der Waals surface area (Å²) >= 11 is 0. The predicted octanol–water partition coefficient (Wildman–Crippen LogP) is 4.30. The number of rotatable bonds is 0. The summed E-state index contributed by atoms with van der Waals surface area (Å²) in [7, 11) is 2.22. The first-order valence-electron chi connectivity index (χ1n) is 11.3. The number of hydrogen-bond acceptors (Lipinski definition) is 3. The van der Waals surface area contributed by atoms with E-state index >= 15 is 0 Å². The molecule has 0 saturated carbocycles. The van der Waals surface area contributed by atoms with E-state index in [4.69, 9.17) is 4.99 Å². The fourth-order valence-corrected chi connectivity index (χ4v) is 5.24. The molecule has 0 amide bonds. The smallest absolute Gasteiger partial charge is 0.185 e. The van der Waals surface area contributed by atoms with Gasteiger partial charge in [-0.3, -0.25) is 0 Å². The highest BCUT2D eigenvalue weighted by molar-refractivity contribution is 6.06. The van der Waals surface area contributed by atoms with E-state index in [9.17, 15) is 0 Å². The molecule has 0 atom stereocenters. The highest BCUT2D eigenvalue weighted by Gasteiger charge is 2.29. The highest BCUT2D eigenvalue weighted by Crippen LogP contribution is 2.41. The van der Waals surface area contributed by atoms with E-state index in [0.717, 1.165) is 32.6 Å². The number of piperazine rings is 1. The summed E-state index contributed by atoms with van der Waals surface area (Å²) < 4.78 is 0. The summed E-state index contributed by atoms with van der Waals surface area (Å²) in [5, 5.41) is 0. The third-order valence-electron chi connectivity index (χ3n) is 8.20. The Morgan fingerprint density at radius 2 is 1.10 bits per heavy atom. The van der Waals surface area contributed by atoms with Crippen molar-refractivity contribution in [1.29, 1.82) is 0 Å². The molecule has 30 heavy (non-hydrogen) atoms. The first-order chi connectivity index (χ1) is 14.1. The van der Waals surface area contributed by atoms with Crippen LogP contribution in [0.4, 0.5) is 5.69 Å². The van der Waals surface area contributed by atoms with Crippen LogP contribution in [0.5, 0.6) is 0 Å². The largest absolute Gasteiger partial charge is 0.354 e. The van der Waals surface area contributed by atoms with Crippen molar-refractivity contribution >= 4 is 19.5 Å². The summed E-state index contributed by atoms with van der Waals surface area (Å²) in [6.07, 6.45) is 0.979. The molecule has 2 aliphatic rings. The van der Waals surface area contributed by atoms with Crippen molar-refractivity contribution in [3.05, 3.63) is 61.2 Å². The van der Waals surface area contributed by atoms with Crippen molar-refractivity contribution in [2.45, 2.75) is 61.8 Å². The van der Waals surface area contributed by atoms with Crippen LogP contribution in [0.15, 0.2) is 4.99 Å². The van der Waals surface area contributed by atoms with Gasteiger partial charge in [-0.05, 0) is 111 Å². The number of benzene rings is 2. The molecule has 2 aliphatic heterocycles. The predicted molar refractivity (Wildman–Crippen MR) is 131 cm³/mol. The van der Waals surface area contributed by atoms with Crippen molar-refractivity contribution in [3.8, 4) is 0 Å². The normalized spacial score (nSPS) is 16.8. The average Bonchev–Trinajstić information content (AvgIpc) is 2.92. The van der Waals surface area contributed by atoms with Crippen LogP contribution in [0, 0.1) is 55.4 Å². The third kappa shape index (κ3) is 3.12. The Hall–Kier alpha value is -2.07. The van der Waals surface area contributed by atoms with Gasteiger partial charge >= 0.3 is 0 Å². The topological polar surface area (TPSA) is 18.8 Å². The SMILES string of the molecule is BN1CCN(C2=Nc3c(C)c(C)c(C)c(C)c3Cc3c(C)c(C)c(C)c(C)c32)CC1. The van der Waals surface area contributed by atoms with Crippen molar-refractivity contribution in [2.24, 2.45) is 4.99 Å². The maximum Gasteiger partial charge on any atom is 0.185 e. The van der Waals surface area contributed by atoms with Gasteiger partial charge in [0.25, 0.3) is 0 Å². The average molecular weight is 401 g/mol. The molecule has 1 fully saturated rings. The van der Waals surface area contributed by atoms with Gasteiger partial charge in [-0.25, -0.2) is 4.99 Å².